The number of anilines is 5. The maximum atomic E-state index is 13.2. The van der Waals surface area contributed by atoms with Crippen molar-refractivity contribution < 1.29 is 112 Å². The number of rotatable bonds is 21. The van der Waals surface area contributed by atoms with Gasteiger partial charge < -0.3 is 44.6 Å². The molecule has 740 valence electrons. The van der Waals surface area contributed by atoms with E-state index < -0.39 is 76.4 Å². The van der Waals surface area contributed by atoms with Crippen LogP contribution in [0.3, 0.4) is 0 Å². The number of benzene rings is 11. The van der Waals surface area contributed by atoms with Crippen LogP contribution in [-0.2, 0) is 70.2 Å². The number of furan rings is 1. The summed E-state index contributed by atoms with van der Waals surface area (Å²) in [5.41, 5.74) is 6.17. The molecule has 4 amide bonds. The maximum absolute atomic E-state index is 13.2. The molecule has 26 nitrogen and oxygen atoms in total. The molecule has 0 bridgehead atoms. The summed E-state index contributed by atoms with van der Waals surface area (Å²) in [6.45, 7) is 7.15. The third-order valence-corrected chi connectivity index (χ3v) is 22.4. The highest BCUT2D eigenvalue weighted by Crippen LogP contribution is 2.40. The van der Waals surface area contributed by atoms with Crippen LogP contribution < -0.4 is 26.6 Å². The average molecular weight is 2000 g/mol. The Labute approximate surface area is 807 Å². The summed E-state index contributed by atoms with van der Waals surface area (Å²) < 4.78 is 248. The molecule has 0 saturated carbocycles. The molecule has 11 aromatic carbocycles. The van der Waals surface area contributed by atoms with Crippen LogP contribution >= 0.6 is 0 Å². The van der Waals surface area contributed by atoms with E-state index in [4.69, 9.17) is 18.0 Å². The fraction of sp³-hybridized carbons (Fsp3) is 0.137. The molecule has 0 aliphatic heterocycles. The van der Waals surface area contributed by atoms with Crippen molar-refractivity contribution in [1.82, 2.24) is 64.4 Å². The fourth-order valence-electron chi connectivity index (χ4n) is 15.0. The molecule has 20 rings (SSSR count). The SMILES string of the molecule is Cc1ccc(CNc2nn(Cc3ccc(C(F)(F)F)cc3)c3ccccc23)cc1.Cc1nocc1C(=O)Nc1nn(Cc2ccc(C(F)(F)F)cc2)c2ccc(C(F)(F)F)cc12.Cc1nocc1C(=O)Nc1nn(Cc2ccc(F)cc2)c2ccccc12.O=C(Nc1nn(Cc2ccc(C(F)(F)F)cc2)c2ccc(C(F)(F)F)cc12)c1ccoc1.O=C(Nc1nn(Cc2ccc(F)cc2)c2ccccc12)c1ccno1. The van der Waals surface area contributed by atoms with E-state index in [-0.39, 0.29) is 86.7 Å². The third-order valence-electron chi connectivity index (χ3n) is 22.4. The highest BCUT2D eigenvalue weighted by molar-refractivity contribution is 6.11. The quantitative estimate of drug-likeness (QED) is 0.0417. The molecule has 0 radical (unpaired) electrons. The van der Waals surface area contributed by atoms with E-state index in [1.165, 1.54) is 126 Å². The number of aryl methyl sites for hydroxylation is 3. The molecule has 145 heavy (non-hydrogen) atoms. The van der Waals surface area contributed by atoms with Crippen LogP contribution in [0.4, 0.5) is 104 Å². The lowest BCUT2D eigenvalue weighted by molar-refractivity contribution is -0.138. The lowest BCUT2D eigenvalue weighted by atomic mass is 10.1. The van der Waals surface area contributed by atoms with Crippen molar-refractivity contribution in [3.05, 3.63) is 410 Å². The second-order valence-corrected chi connectivity index (χ2v) is 32.6. The number of fused-ring (bicyclic) bond motifs is 5. The van der Waals surface area contributed by atoms with E-state index in [1.54, 1.807) is 40.6 Å². The van der Waals surface area contributed by atoms with E-state index in [0.717, 1.165) is 134 Å². The van der Waals surface area contributed by atoms with Gasteiger partial charge in [0.25, 0.3) is 23.6 Å². The summed E-state index contributed by atoms with van der Waals surface area (Å²) in [5, 5.41) is 49.4. The summed E-state index contributed by atoms with van der Waals surface area (Å²) in [7, 11) is 0. The summed E-state index contributed by atoms with van der Waals surface area (Å²) in [4.78, 5) is 49.5. The lowest BCUT2D eigenvalue weighted by Gasteiger charge is -2.09. The van der Waals surface area contributed by atoms with Gasteiger partial charge >= 0.3 is 30.9 Å². The first kappa shape index (κ1) is 100. The molecule has 0 spiro atoms. The predicted molar refractivity (Wildman–Crippen MR) is 499 cm³/mol. The Morgan fingerprint density at radius 1 is 0.317 bits per heavy atom. The molecule has 0 fully saturated rings. The van der Waals surface area contributed by atoms with E-state index in [1.807, 2.05) is 84.4 Å². The largest absolute Gasteiger partial charge is 0.472 e. The van der Waals surface area contributed by atoms with Crippen LogP contribution in [-0.4, -0.2) is 88.0 Å². The number of nitrogens with one attached hydrogen (secondary N) is 5. The smallest absolute Gasteiger partial charge is 0.416 e. The number of carbonyl (C=O) groups is 4. The Hall–Kier alpha value is -17.8. The van der Waals surface area contributed by atoms with Gasteiger partial charge in [0.1, 0.15) is 41.6 Å². The van der Waals surface area contributed by atoms with Gasteiger partial charge in [-0.1, -0.05) is 142 Å². The molecule has 0 aliphatic rings. The first-order chi connectivity index (χ1) is 69.2. The van der Waals surface area contributed by atoms with Gasteiger partial charge in [0.2, 0.25) is 5.76 Å². The minimum atomic E-state index is -4.63. The molecular formula is C102H75F17N18O8. The molecule has 20 aromatic rings. The number of hydrogen-bond acceptors (Lipinski definition) is 17. The number of carbonyl (C=O) groups excluding carboxylic acids is 4. The fourth-order valence-corrected chi connectivity index (χ4v) is 15.0. The molecule has 5 N–H and O–H groups in total. The molecule has 0 unspecified atom stereocenters. The van der Waals surface area contributed by atoms with Crippen molar-refractivity contribution in [3.63, 3.8) is 0 Å². The predicted octanol–water partition coefficient (Wildman–Crippen LogP) is 24.9. The molecule has 9 aromatic heterocycles. The zero-order valence-electron chi connectivity index (χ0n) is 75.5. The molecule has 0 aliphatic carbocycles. The van der Waals surface area contributed by atoms with Crippen LogP contribution in [0.5, 0.6) is 0 Å². The van der Waals surface area contributed by atoms with Crippen molar-refractivity contribution in [3.8, 4) is 0 Å². The summed E-state index contributed by atoms with van der Waals surface area (Å²) in [6, 6.07) is 66.3. The first-order valence-corrected chi connectivity index (χ1v) is 43.5. The van der Waals surface area contributed by atoms with Crippen LogP contribution in [0.25, 0.3) is 54.5 Å². The average Bonchev–Trinajstić information content (AvgIpc) is 1.61. The normalized spacial score (nSPS) is 11.7. The number of nitrogens with zero attached hydrogens (tertiary/aromatic N) is 13. The monoisotopic (exact) mass is 2000 g/mol. The maximum Gasteiger partial charge on any atom is 0.416 e. The Morgan fingerprint density at radius 2 is 0.628 bits per heavy atom. The van der Waals surface area contributed by atoms with E-state index in [2.05, 4.69) is 91.8 Å². The second kappa shape index (κ2) is 42.3. The van der Waals surface area contributed by atoms with E-state index in [9.17, 15) is 93.8 Å². The zero-order valence-corrected chi connectivity index (χ0v) is 75.5. The first-order valence-electron chi connectivity index (χ1n) is 43.5. The highest BCUT2D eigenvalue weighted by Gasteiger charge is 2.36. The standard InChI is InChI=1S/C23H20F3N3.C21H14F6N4O2.C21H13F6N3O2.C19H15FN4O2.C18H13FN4O2/c1-16-6-8-17(9-7-16)14-27-22-20-4-2-3-5-21(20)29(28-22)15-18-10-12-19(13-11-18)23(24,25)26;1-11-16(10-33-30-11)19(32)28-18-15-8-14(21(25,26)27)6-7-17(15)31(29-18)9-12-2-4-13(5-3-12)20(22,23)24;22-20(23,24)14-3-1-12(2-4-14)10-30-17-6-5-15(21(25,26)27)9-16(17)18(29-30)28-19(31)13-7-8-32-11-13;1-12-16(11-26-23-12)19(25)21-18-15-4-2-3-5-17(15)24(22-18)10-13-6-8-14(20)9-7-13;19-13-7-5-12(6-8-13)11-23-15-4-2-1-3-14(15)17(22-23)21-18(24)16-9-10-20-25-16/h2-13H,14-15H2,1H3,(H,27,28);2-8,10H,9H2,1H3,(H,28,29,32);1-9,11H,10H2,(H,28,29,31);2-9,11H,10H2,1H3,(H,21,22,25);1-10H,11H2,(H,21,22,24). The molecule has 0 atom stereocenters. The van der Waals surface area contributed by atoms with Gasteiger partial charge in [-0.2, -0.15) is 91.3 Å². The van der Waals surface area contributed by atoms with Gasteiger partial charge in [-0.05, 0) is 194 Å². The number of alkyl halides is 15. The van der Waals surface area contributed by atoms with Crippen molar-refractivity contribution >= 4 is 107 Å². The number of halogens is 17. The number of aromatic nitrogens is 13. The Kier molecular flexibility index (Phi) is 29.2. The zero-order chi connectivity index (χ0) is 103. The topological polar surface area (TPSA) is 309 Å². The van der Waals surface area contributed by atoms with Gasteiger partial charge in [0.15, 0.2) is 29.1 Å². The van der Waals surface area contributed by atoms with Crippen molar-refractivity contribution in [2.24, 2.45) is 0 Å². The Balaban J connectivity index is 0.000000130. The van der Waals surface area contributed by atoms with Crippen LogP contribution in [0.15, 0.2) is 316 Å². The van der Waals surface area contributed by atoms with Gasteiger partial charge in [-0.3, -0.25) is 42.6 Å². The Morgan fingerprint density at radius 3 is 0.959 bits per heavy atom. The number of amides is 4. The van der Waals surface area contributed by atoms with Crippen molar-refractivity contribution in [2.75, 3.05) is 26.6 Å². The van der Waals surface area contributed by atoms with E-state index in [0.29, 0.717) is 60.2 Å². The van der Waals surface area contributed by atoms with Gasteiger partial charge in [-0.15, -0.1) is 0 Å². The molecule has 43 heteroatoms. The summed E-state index contributed by atoms with van der Waals surface area (Å²) >= 11 is 0. The third kappa shape index (κ3) is 24.4. The van der Waals surface area contributed by atoms with Crippen LogP contribution in [0, 0.1) is 32.4 Å². The van der Waals surface area contributed by atoms with Crippen LogP contribution in [0.1, 0.15) is 120 Å². The second-order valence-electron chi connectivity index (χ2n) is 32.6. The van der Waals surface area contributed by atoms with E-state index >= 15 is 0 Å². The number of hydrogen-bond donors (Lipinski definition) is 5. The van der Waals surface area contributed by atoms with Gasteiger partial charge in [0.05, 0.1) is 118 Å². The van der Waals surface area contributed by atoms with Gasteiger partial charge in [0, 0.05) is 39.5 Å². The van der Waals surface area contributed by atoms with Gasteiger partial charge in [-0.25, -0.2) is 8.78 Å². The lowest BCUT2D eigenvalue weighted by Crippen LogP contribution is -2.13. The minimum Gasteiger partial charge on any atom is -0.472 e. The summed E-state index contributed by atoms with van der Waals surface area (Å²) in [5.74, 6) is -1.17. The van der Waals surface area contributed by atoms with Crippen molar-refractivity contribution in [2.45, 2.75) is 90.9 Å². The number of para-hydroxylation sites is 3. The minimum absolute atomic E-state index is 0.0131. The summed E-state index contributed by atoms with van der Waals surface area (Å²) in [6.07, 6.45) is -16.3. The highest BCUT2D eigenvalue weighted by atomic mass is 19.4. The van der Waals surface area contributed by atoms with Crippen LogP contribution in [0.2, 0.25) is 0 Å². The molecule has 0 saturated heterocycles. The molecule has 9 heterocycles. The Bertz CT molecular complexity index is 7970. The van der Waals surface area contributed by atoms with Crippen molar-refractivity contribution in [1.29, 1.82) is 0 Å². The molecular weight excluding hydrogens is 1930 g/mol.